The maximum absolute atomic E-state index is 5.24. The molecule has 0 aliphatic rings. The standard InChI is InChI=1S/C14H14N6O/c1-3-11(7-15-5-1)8-17-14-19-13(10-18-20-14)16-9-12-4-2-6-21-12/h1-7,10H,8-9H2,(H2,16,17,19,20). The second kappa shape index (κ2) is 6.47. The number of furan rings is 1. The lowest BCUT2D eigenvalue weighted by atomic mass is 10.3. The van der Waals surface area contributed by atoms with Crippen molar-refractivity contribution in [2.24, 2.45) is 0 Å². The molecule has 0 aliphatic heterocycles. The first-order chi connectivity index (χ1) is 10.4. The number of nitrogens with one attached hydrogen (secondary N) is 2. The van der Waals surface area contributed by atoms with Gasteiger partial charge in [-0.25, -0.2) is 0 Å². The lowest BCUT2D eigenvalue weighted by molar-refractivity contribution is 0.517. The van der Waals surface area contributed by atoms with Gasteiger partial charge < -0.3 is 15.1 Å². The fourth-order valence-electron chi connectivity index (χ4n) is 1.74. The zero-order valence-electron chi connectivity index (χ0n) is 11.2. The summed E-state index contributed by atoms with van der Waals surface area (Å²) in [6.45, 7) is 1.14. The zero-order valence-corrected chi connectivity index (χ0v) is 11.2. The van der Waals surface area contributed by atoms with Crippen molar-refractivity contribution in [2.75, 3.05) is 10.6 Å². The van der Waals surface area contributed by atoms with E-state index in [1.165, 1.54) is 0 Å². The van der Waals surface area contributed by atoms with Gasteiger partial charge >= 0.3 is 0 Å². The Morgan fingerprint density at radius 1 is 1.05 bits per heavy atom. The van der Waals surface area contributed by atoms with E-state index in [2.05, 4.69) is 30.8 Å². The number of pyridine rings is 1. The van der Waals surface area contributed by atoms with E-state index in [-0.39, 0.29) is 0 Å². The number of hydrogen-bond donors (Lipinski definition) is 2. The van der Waals surface area contributed by atoms with Gasteiger partial charge in [-0.1, -0.05) is 6.07 Å². The Kier molecular flexibility index (Phi) is 4.02. The van der Waals surface area contributed by atoms with E-state index in [1.54, 1.807) is 24.9 Å². The normalized spacial score (nSPS) is 10.3. The van der Waals surface area contributed by atoms with E-state index in [1.807, 2.05) is 24.3 Å². The van der Waals surface area contributed by atoms with Crippen LogP contribution in [-0.4, -0.2) is 20.2 Å². The smallest absolute Gasteiger partial charge is 0.244 e. The third kappa shape index (κ3) is 3.75. The second-order valence-electron chi connectivity index (χ2n) is 4.31. The Labute approximate surface area is 121 Å². The number of hydrogen-bond acceptors (Lipinski definition) is 7. The van der Waals surface area contributed by atoms with Crippen LogP contribution in [0, 0.1) is 0 Å². The molecule has 3 aromatic rings. The molecule has 0 aliphatic carbocycles. The third-order valence-corrected chi connectivity index (χ3v) is 2.76. The van der Waals surface area contributed by atoms with Gasteiger partial charge in [-0.05, 0) is 23.8 Å². The van der Waals surface area contributed by atoms with Gasteiger partial charge in [0.05, 0.1) is 19.0 Å². The Morgan fingerprint density at radius 3 is 2.86 bits per heavy atom. The largest absolute Gasteiger partial charge is 0.467 e. The van der Waals surface area contributed by atoms with Crippen LogP contribution in [0.4, 0.5) is 11.8 Å². The van der Waals surface area contributed by atoms with E-state index in [9.17, 15) is 0 Å². The van der Waals surface area contributed by atoms with Crippen LogP contribution in [0.25, 0.3) is 0 Å². The summed E-state index contributed by atoms with van der Waals surface area (Å²) in [5.74, 6) is 1.93. The fraction of sp³-hybridized carbons (Fsp3) is 0.143. The maximum atomic E-state index is 5.24. The highest BCUT2D eigenvalue weighted by Gasteiger charge is 2.02. The fourth-order valence-corrected chi connectivity index (χ4v) is 1.74. The summed E-state index contributed by atoms with van der Waals surface area (Å²) in [5, 5.41) is 14.1. The van der Waals surface area contributed by atoms with Crippen molar-refractivity contribution in [1.29, 1.82) is 0 Å². The molecule has 3 heterocycles. The van der Waals surface area contributed by atoms with Gasteiger partial charge in [0, 0.05) is 18.9 Å². The van der Waals surface area contributed by atoms with Gasteiger partial charge in [-0.3, -0.25) is 4.98 Å². The molecule has 0 aromatic carbocycles. The van der Waals surface area contributed by atoms with E-state index >= 15 is 0 Å². The summed E-state index contributed by atoms with van der Waals surface area (Å²) < 4.78 is 5.24. The van der Waals surface area contributed by atoms with Crippen LogP contribution in [-0.2, 0) is 13.1 Å². The molecule has 7 nitrogen and oxygen atoms in total. The molecule has 0 spiro atoms. The number of rotatable bonds is 6. The highest BCUT2D eigenvalue weighted by molar-refractivity contribution is 5.37. The van der Waals surface area contributed by atoms with Gasteiger partial charge in [-0.2, -0.15) is 10.1 Å². The Morgan fingerprint density at radius 2 is 2.05 bits per heavy atom. The molecule has 0 radical (unpaired) electrons. The molecule has 0 atom stereocenters. The first kappa shape index (κ1) is 13.0. The molecule has 0 saturated carbocycles. The molecule has 106 valence electrons. The Hall–Kier alpha value is -2.96. The molecular formula is C14H14N6O. The quantitative estimate of drug-likeness (QED) is 0.715. The van der Waals surface area contributed by atoms with Crippen LogP contribution in [0.2, 0.25) is 0 Å². The number of anilines is 2. The van der Waals surface area contributed by atoms with Gasteiger partial charge in [0.25, 0.3) is 0 Å². The van der Waals surface area contributed by atoms with Crippen molar-refractivity contribution in [3.05, 3.63) is 60.4 Å². The molecule has 0 saturated heterocycles. The number of aromatic nitrogens is 4. The summed E-state index contributed by atoms with van der Waals surface area (Å²) >= 11 is 0. The predicted octanol–water partition coefficient (Wildman–Crippen LogP) is 2.08. The SMILES string of the molecule is c1cncc(CNc2nncc(NCc3ccco3)n2)c1. The predicted molar refractivity (Wildman–Crippen MR) is 77.4 cm³/mol. The van der Waals surface area contributed by atoms with Crippen molar-refractivity contribution in [1.82, 2.24) is 20.2 Å². The van der Waals surface area contributed by atoms with Crippen molar-refractivity contribution >= 4 is 11.8 Å². The van der Waals surface area contributed by atoms with Crippen LogP contribution in [0.15, 0.2) is 53.5 Å². The molecule has 3 aromatic heterocycles. The zero-order chi connectivity index (χ0) is 14.3. The van der Waals surface area contributed by atoms with Gasteiger partial charge in [-0.15, -0.1) is 5.10 Å². The molecule has 0 bridgehead atoms. The number of nitrogens with zero attached hydrogens (tertiary/aromatic N) is 4. The minimum atomic E-state index is 0.461. The van der Waals surface area contributed by atoms with Crippen LogP contribution in [0.3, 0.4) is 0 Å². The molecule has 0 amide bonds. The van der Waals surface area contributed by atoms with E-state index in [4.69, 9.17) is 4.42 Å². The molecule has 3 rings (SSSR count). The van der Waals surface area contributed by atoms with Crippen molar-refractivity contribution in [2.45, 2.75) is 13.1 Å². The molecule has 0 unspecified atom stereocenters. The van der Waals surface area contributed by atoms with Crippen LogP contribution in [0.1, 0.15) is 11.3 Å². The summed E-state index contributed by atoms with van der Waals surface area (Å²) in [6.07, 6.45) is 6.73. The highest BCUT2D eigenvalue weighted by atomic mass is 16.3. The topological polar surface area (TPSA) is 88.8 Å². The highest BCUT2D eigenvalue weighted by Crippen LogP contribution is 2.08. The van der Waals surface area contributed by atoms with Gasteiger partial charge in [0.1, 0.15) is 5.76 Å². The first-order valence-electron chi connectivity index (χ1n) is 6.49. The molecule has 0 fully saturated rings. The lowest BCUT2D eigenvalue weighted by Gasteiger charge is -2.06. The summed E-state index contributed by atoms with van der Waals surface area (Å²) in [4.78, 5) is 8.38. The van der Waals surface area contributed by atoms with Crippen molar-refractivity contribution < 1.29 is 4.42 Å². The van der Waals surface area contributed by atoms with Crippen LogP contribution in [0.5, 0.6) is 0 Å². The first-order valence-corrected chi connectivity index (χ1v) is 6.49. The molecule has 2 N–H and O–H groups in total. The summed E-state index contributed by atoms with van der Waals surface area (Å²) in [6, 6.07) is 7.60. The molecular weight excluding hydrogens is 268 g/mol. The maximum Gasteiger partial charge on any atom is 0.244 e. The minimum Gasteiger partial charge on any atom is -0.467 e. The monoisotopic (exact) mass is 282 g/mol. The van der Waals surface area contributed by atoms with E-state index in [0.29, 0.717) is 24.9 Å². The van der Waals surface area contributed by atoms with Crippen molar-refractivity contribution in [3.8, 4) is 0 Å². The van der Waals surface area contributed by atoms with E-state index in [0.717, 1.165) is 11.3 Å². The third-order valence-electron chi connectivity index (χ3n) is 2.76. The Balaban J connectivity index is 1.58. The van der Waals surface area contributed by atoms with Crippen molar-refractivity contribution in [3.63, 3.8) is 0 Å². The summed E-state index contributed by atoms with van der Waals surface area (Å²) in [7, 11) is 0. The average Bonchev–Trinajstić information content (AvgIpc) is 3.06. The lowest BCUT2D eigenvalue weighted by Crippen LogP contribution is -2.08. The second-order valence-corrected chi connectivity index (χ2v) is 4.31. The average molecular weight is 282 g/mol. The minimum absolute atomic E-state index is 0.461. The van der Waals surface area contributed by atoms with Gasteiger partial charge in [0.15, 0.2) is 5.82 Å². The molecule has 7 heteroatoms. The summed E-state index contributed by atoms with van der Waals surface area (Å²) in [5.41, 5.74) is 1.05. The molecule has 21 heavy (non-hydrogen) atoms. The van der Waals surface area contributed by atoms with Gasteiger partial charge in [0.2, 0.25) is 5.95 Å². The van der Waals surface area contributed by atoms with E-state index < -0.39 is 0 Å². The Bertz CT molecular complexity index is 671. The van der Waals surface area contributed by atoms with Crippen LogP contribution < -0.4 is 10.6 Å². The van der Waals surface area contributed by atoms with Crippen LogP contribution >= 0.6 is 0 Å².